The predicted molar refractivity (Wildman–Crippen MR) is 200 cm³/mol. The number of rotatable bonds is 5. The molecule has 2 fully saturated rings. The molecule has 19 heteroatoms. The van der Waals surface area contributed by atoms with Gasteiger partial charge >= 0.3 is 7.69 Å². The Balaban J connectivity index is 0.000000185. The van der Waals surface area contributed by atoms with Crippen molar-refractivity contribution in [2.24, 2.45) is 0 Å². The van der Waals surface area contributed by atoms with E-state index in [1.54, 1.807) is 12.4 Å². The van der Waals surface area contributed by atoms with Gasteiger partial charge < -0.3 is 40.4 Å². The summed E-state index contributed by atoms with van der Waals surface area (Å²) in [5.74, 6) is 4.02. The standard InChI is InChI=1S/C15H17N7O.C12H16N4O.C4H5BN3O2.2CH4/c1-10-9-23-6-5-21(10)14-12-3-2-4-22(12)20-13(19-14)11-7-17-15(16)18-8-11;1-9-8-17-7-6-15(9)12-11-4-3-5-16(11)14-10(2)13-12;6-4-7-1-3(2-8-4)10-5-9;;/h2-4,7-8,10H,5-6,9H2,1H3,(H2,16,17,18);3-5,9H,6-8H2,1-2H3;1-2,9H,(H2,6,7,8);2*1H4/t10-;9-;;;/m11.../s1. The first-order valence-corrected chi connectivity index (χ1v) is 15.9. The van der Waals surface area contributed by atoms with Crippen LogP contribution >= 0.6 is 0 Å². The number of morpholine rings is 2. The van der Waals surface area contributed by atoms with Gasteiger partial charge in [-0.25, -0.2) is 38.9 Å². The molecule has 8 rings (SSSR count). The number of hydrogen-bond donors (Lipinski definition) is 3. The predicted octanol–water partition coefficient (Wildman–Crippen LogP) is 2.49. The smallest absolute Gasteiger partial charge is 0.535 e. The highest BCUT2D eigenvalue weighted by atomic mass is 16.5. The SMILES string of the molecule is C.C.C[C@@H]1COCCN1c1nc(-c2cnc(N)nc2)nn2cccc12.Cc1nc(N2CCOC[C@H]2C)c2cccn2n1.Nc1ncc(O[B]O)cn1. The fourth-order valence-electron chi connectivity index (χ4n) is 5.47. The lowest BCUT2D eigenvalue weighted by Gasteiger charge is -2.34. The Kier molecular flexibility index (Phi) is 13.6. The molecule has 52 heavy (non-hydrogen) atoms. The van der Waals surface area contributed by atoms with Crippen molar-refractivity contribution in [1.82, 2.24) is 49.1 Å². The monoisotopic (exact) mass is 713 g/mol. The summed E-state index contributed by atoms with van der Waals surface area (Å²) < 4.78 is 19.2. The molecule has 0 saturated carbocycles. The van der Waals surface area contributed by atoms with Gasteiger partial charge in [0.25, 0.3) is 0 Å². The first-order chi connectivity index (χ1) is 24.3. The van der Waals surface area contributed by atoms with Crippen LogP contribution in [-0.4, -0.2) is 113 Å². The van der Waals surface area contributed by atoms with E-state index in [0.717, 1.165) is 60.4 Å². The van der Waals surface area contributed by atoms with Crippen molar-refractivity contribution in [2.75, 3.05) is 60.8 Å². The maximum atomic E-state index is 8.15. The van der Waals surface area contributed by atoms with Gasteiger partial charge in [0.05, 0.1) is 56.5 Å². The van der Waals surface area contributed by atoms with Gasteiger partial charge in [-0.3, -0.25) is 0 Å². The number of aryl methyl sites for hydroxylation is 1. The van der Waals surface area contributed by atoms with Gasteiger partial charge in [0.2, 0.25) is 11.9 Å². The number of nitrogens with two attached hydrogens (primary N) is 2. The van der Waals surface area contributed by atoms with Gasteiger partial charge in [-0.15, -0.1) is 5.10 Å². The lowest BCUT2D eigenvalue weighted by atomic mass is 10.2. The largest absolute Gasteiger partial charge is 0.569 e. The molecule has 6 aromatic rings. The van der Waals surface area contributed by atoms with E-state index in [1.165, 1.54) is 12.4 Å². The Hall–Kier alpha value is -5.66. The summed E-state index contributed by atoms with van der Waals surface area (Å²) in [6.07, 6.45) is 9.86. The van der Waals surface area contributed by atoms with Crippen LogP contribution in [0.5, 0.6) is 5.75 Å². The third-order valence-electron chi connectivity index (χ3n) is 7.90. The van der Waals surface area contributed by atoms with Crippen molar-refractivity contribution in [3.05, 3.63) is 67.3 Å². The minimum atomic E-state index is 0. The Morgan fingerprint density at radius 3 is 1.79 bits per heavy atom. The molecule has 6 aromatic heterocycles. The minimum absolute atomic E-state index is 0. The van der Waals surface area contributed by atoms with Crippen molar-refractivity contribution in [3.8, 4) is 17.1 Å². The molecule has 0 aliphatic carbocycles. The molecular formula is C33H46BN14O4. The van der Waals surface area contributed by atoms with E-state index in [0.29, 0.717) is 38.5 Å². The molecule has 0 bridgehead atoms. The summed E-state index contributed by atoms with van der Waals surface area (Å²) in [6.45, 7) is 10.8. The second kappa shape index (κ2) is 18.0. The molecule has 18 nitrogen and oxygen atoms in total. The highest BCUT2D eigenvalue weighted by molar-refractivity contribution is 6.17. The van der Waals surface area contributed by atoms with Crippen molar-refractivity contribution >= 4 is 42.3 Å². The topological polar surface area (TPSA) is 218 Å². The number of aromatic nitrogens is 10. The Morgan fingerprint density at radius 2 is 1.27 bits per heavy atom. The molecular weight excluding hydrogens is 667 g/mol. The average Bonchev–Trinajstić information content (AvgIpc) is 3.80. The quantitative estimate of drug-likeness (QED) is 0.219. The zero-order chi connectivity index (χ0) is 35.0. The number of fused-ring (bicyclic) bond motifs is 2. The first-order valence-electron chi connectivity index (χ1n) is 15.9. The summed E-state index contributed by atoms with van der Waals surface area (Å²) >= 11 is 0. The summed E-state index contributed by atoms with van der Waals surface area (Å²) in [4.78, 5) is 29.2. The van der Waals surface area contributed by atoms with Crippen LogP contribution in [0, 0.1) is 6.92 Å². The Morgan fingerprint density at radius 1 is 0.769 bits per heavy atom. The molecule has 2 atom stereocenters. The van der Waals surface area contributed by atoms with Gasteiger partial charge in [-0.2, -0.15) is 5.10 Å². The molecule has 0 unspecified atom stereocenters. The van der Waals surface area contributed by atoms with Crippen LogP contribution < -0.4 is 25.9 Å². The normalized spacial score (nSPS) is 16.8. The summed E-state index contributed by atoms with van der Waals surface area (Å²) in [5.41, 5.74) is 13.5. The number of ether oxygens (including phenoxy) is 2. The fraction of sp³-hybridized carbons (Fsp3) is 0.394. The molecule has 5 N–H and O–H groups in total. The van der Waals surface area contributed by atoms with Gasteiger partial charge in [0.1, 0.15) is 22.6 Å². The van der Waals surface area contributed by atoms with E-state index in [4.69, 9.17) is 30.9 Å². The highest BCUT2D eigenvalue weighted by Crippen LogP contribution is 2.26. The summed E-state index contributed by atoms with van der Waals surface area (Å²) in [5, 5.41) is 17.1. The van der Waals surface area contributed by atoms with Gasteiger partial charge in [-0.1, -0.05) is 14.9 Å². The number of nitrogen functional groups attached to an aromatic ring is 2. The average molecular weight is 714 g/mol. The van der Waals surface area contributed by atoms with E-state index in [1.807, 2.05) is 46.5 Å². The number of anilines is 4. The second-order valence-corrected chi connectivity index (χ2v) is 11.5. The van der Waals surface area contributed by atoms with Crippen LogP contribution in [0.4, 0.5) is 23.5 Å². The summed E-state index contributed by atoms with van der Waals surface area (Å²) in [7, 11) is 0.550. The van der Waals surface area contributed by atoms with E-state index < -0.39 is 0 Å². The van der Waals surface area contributed by atoms with Crippen LogP contribution in [0.25, 0.3) is 22.4 Å². The third kappa shape index (κ3) is 9.16. The molecule has 1 radical (unpaired) electrons. The van der Waals surface area contributed by atoms with Crippen LogP contribution in [0.2, 0.25) is 0 Å². The van der Waals surface area contributed by atoms with Crippen LogP contribution in [-0.2, 0) is 9.47 Å². The van der Waals surface area contributed by atoms with E-state index >= 15 is 0 Å². The molecule has 8 heterocycles. The van der Waals surface area contributed by atoms with E-state index in [2.05, 4.69) is 69.5 Å². The summed E-state index contributed by atoms with van der Waals surface area (Å²) in [6, 6.07) is 8.64. The zero-order valence-electron chi connectivity index (χ0n) is 27.9. The molecule has 2 aliphatic heterocycles. The lowest BCUT2D eigenvalue weighted by molar-refractivity contribution is 0.0986. The second-order valence-electron chi connectivity index (χ2n) is 11.5. The molecule has 0 amide bonds. The van der Waals surface area contributed by atoms with Crippen molar-refractivity contribution < 1.29 is 19.2 Å². The maximum Gasteiger partial charge on any atom is 0.569 e. The fourth-order valence-corrected chi connectivity index (χ4v) is 5.47. The Labute approximate surface area is 303 Å². The van der Waals surface area contributed by atoms with Crippen LogP contribution in [0.3, 0.4) is 0 Å². The van der Waals surface area contributed by atoms with Crippen molar-refractivity contribution in [1.29, 1.82) is 0 Å². The molecule has 2 aliphatic rings. The van der Waals surface area contributed by atoms with Crippen molar-refractivity contribution in [3.63, 3.8) is 0 Å². The maximum absolute atomic E-state index is 8.15. The van der Waals surface area contributed by atoms with E-state index in [-0.39, 0.29) is 32.8 Å². The Bertz CT molecular complexity index is 1990. The molecule has 0 spiro atoms. The highest BCUT2D eigenvalue weighted by Gasteiger charge is 2.24. The first kappa shape index (κ1) is 39.1. The molecule has 2 saturated heterocycles. The van der Waals surface area contributed by atoms with Crippen LogP contribution in [0.1, 0.15) is 34.5 Å². The van der Waals surface area contributed by atoms with E-state index in [9.17, 15) is 0 Å². The minimum Gasteiger partial charge on any atom is -0.535 e. The lowest BCUT2D eigenvalue weighted by Crippen LogP contribution is -2.44. The zero-order valence-corrected chi connectivity index (χ0v) is 27.9. The van der Waals surface area contributed by atoms with Crippen LogP contribution in [0.15, 0.2) is 61.4 Å². The molecule has 0 aromatic carbocycles. The number of hydrogen-bond acceptors (Lipinski definition) is 16. The van der Waals surface area contributed by atoms with Crippen molar-refractivity contribution in [2.45, 2.75) is 47.7 Å². The third-order valence-corrected chi connectivity index (χ3v) is 7.90. The van der Waals surface area contributed by atoms with Gasteiger partial charge in [0.15, 0.2) is 17.5 Å². The molecule has 275 valence electrons. The van der Waals surface area contributed by atoms with Gasteiger partial charge in [0, 0.05) is 37.9 Å². The number of nitrogens with zero attached hydrogens (tertiary/aromatic N) is 12. The van der Waals surface area contributed by atoms with Gasteiger partial charge in [-0.05, 0) is 45.0 Å².